The highest BCUT2D eigenvalue weighted by atomic mass is 32.2. The summed E-state index contributed by atoms with van der Waals surface area (Å²) in [4.78, 5) is 28.6. The minimum Gasteiger partial charge on any atom is -0.481 e. The fourth-order valence-corrected chi connectivity index (χ4v) is 6.94. The minimum absolute atomic E-state index is 0.0474. The smallest absolute Gasteiger partial charge is 0.303 e. The van der Waals surface area contributed by atoms with E-state index in [1.54, 1.807) is 0 Å². The van der Waals surface area contributed by atoms with Gasteiger partial charge < -0.3 is 10.0 Å². The van der Waals surface area contributed by atoms with Gasteiger partial charge in [0.15, 0.2) is 15.0 Å². The Balaban J connectivity index is 1.82. The summed E-state index contributed by atoms with van der Waals surface area (Å²) in [6.45, 7) is 0. The number of fused-ring (bicyclic) bond motifs is 1. The normalized spacial score (nSPS) is 25.9. The van der Waals surface area contributed by atoms with E-state index >= 15 is 0 Å². The van der Waals surface area contributed by atoms with Crippen molar-refractivity contribution in [1.82, 2.24) is 0 Å². The number of carbonyl (C=O) groups excluding carboxylic acids is 1. The summed E-state index contributed by atoms with van der Waals surface area (Å²) >= 11 is 1.31. The predicted molar refractivity (Wildman–Crippen MR) is 96.7 cm³/mol. The van der Waals surface area contributed by atoms with Crippen molar-refractivity contribution in [3.63, 3.8) is 0 Å². The van der Waals surface area contributed by atoms with Crippen molar-refractivity contribution in [2.75, 3.05) is 16.4 Å². The molecule has 2 aliphatic heterocycles. The molecule has 0 saturated carbocycles. The number of para-hydroxylation sites is 1. The lowest BCUT2D eigenvalue weighted by molar-refractivity contribution is -0.137. The van der Waals surface area contributed by atoms with Gasteiger partial charge in [-0.3, -0.25) is 9.59 Å². The quantitative estimate of drug-likeness (QED) is 0.824. The lowest BCUT2D eigenvalue weighted by Crippen LogP contribution is -2.37. The first-order valence-corrected chi connectivity index (χ1v) is 10.6. The monoisotopic (exact) mass is 382 g/mol. The summed E-state index contributed by atoms with van der Waals surface area (Å²) in [6.07, 6.45) is 0.227. The minimum atomic E-state index is -3.09. The molecule has 134 valence electrons. The Kier molecular flexibility index (Phi) is 5.14. The van der Waals surface area contributed by atoms with Crippen LogP contribution in [0.4, 0.5) is 5.69 Å². The zero-order valence-electron chi connectivity index (χ0n) is 13.4. The molecule has 2 aliphatic rings. The van der Waals surface area contributed by atoms with Gasteiger partial charge in [-0.1, -0.05) is 30.0 Å². The van der Waals surface area contributed by atoms with Crippen LogP contribution in [0.5, 0.6) is 0 Å². The van der Waals surface area contributed by atoms with Gasteiger partial charge >= 0.3 is 5.97 Å². The molecule has 1 aromatic carbocycles. The van der Waals surface area contributed by atoms with Crippen LogP contribution in [0.1, 0.15) is 19.3 Å². The van der Waals surface area contributed by atoms with Crippen LogP contribution < -0.4 is 4.90 Å². The zero-order chi connectivity index (χ0) is 18.0. The van der Waals surface area contributed by atoms with Gasteiger partial charge in [-0.05, 0) is 18.6 Å². The number of amides is 1. The summed E-state index contributed by atoms with van der Waals surface area (Å²) in [5.74, 6) is -1.20. The molecule has 0 aliphatic carbocycles. The van der Waals surface area contributed by atoms with Gasteiger partial charge in [-0.25, -0.2) is 8.42 Å². The van der Waals surface area contributed by atoms with E-state index < -0.39 is 15.8 Å². The van der Waals surface area contributed by atoms with Crippen molar-refractivity contribution in [1.29, 1.82) is 0 Å². The summed E-state index contributed by atoms with van der Waals surface area (Å²) in [5, 5.41) is 9.00. The van der Waals surface area contributed by atoms with E-state index in [4.69, 9.17) is 5.11 Å². The van der Waals surface area contributed by atoms with Crippen LogP contribution in [-0.2, 0) is 19.4 Å². The van der Waals surface area contributed by atoms with Crippen molar-refractivity contribution < 1.29 is 23.1 Å². The van der Waals surface area contributed by atoms with Gasteiger partial charge in [0.25, 0.3) is 0 Å². The number of rotatable bonds is 5. The lowest BCUT2D eigenvalue weighted by atomic mass is 10.2. The van der Waals surface area contributed by atoms with Crippen molar-refractivity contribution in [3.05, 3.63) is 30.3 Å². The second-order valence-corrected chi connectivity index (χ2v) is 9.40. The summed E-state index contributed by atoms with van der Waals surface area (Å²) < 4.78 is 23.9. The van der Waals surface area contributed by atoms with Gasteiger partial charge in [0.2, 0.25) is 5.91 Å². The Bertz CT molecular complexity index is 807. The molecule has 2 saturated heterocycles. The molecule has 2 fully saturated rings. The number of carbonyl (C=O) groups is 2. The number of thioether (sulfide) groups is 1. The van der Waals surface area contributed by atoms with Crippen LogP contribution in [0.2, 0.25) is 0 Å². The molecule has 2 heterocycles. The topological polar surface area (TPSA) is 104 Å². The maximum absolute atomic E-state index is 12.1. The number of hydrogen-bond donors (Lipinski definition) is 1. The van der Waals surface area contributed by atoms with Crippen molar-refractivity contribution in [2.45, 2.75) is 30.6 Å². The SMILES string of the molecule is O=C(O)CCCC(=O)N=C1S[C@H]2CS(=O)(=O)C[C@@H]2N1c1ccccc1. The standard InChI is InChI=1S/C16H18N2O5S2/c19-14(7-4-8-15(20)21)17-16-18(11-5-2-1-3-6-11)12-9-25(22,23)10-13(12)24-16/h1-3,5-6,12-13H,4,7-10H2,(H,20,21)/t12-,13-/m0/s1. The maximum Gasteiger partial charge on any atom is 0.303 e. The van der Waals surface area contributed by atoms with Crippen molar-refractivity contribution in [3.8, 4) is 0 Å². The van der Waals surface area contributed by atoms with Gasteiger partial charge in [0, 0.05) is 23.8 Å². The highest BCUT2D eigenvalue weighted by Crippen LogP contribution is 2.40. The average molecular weight is 382 g/mol. The van der Waals surface area contributed by atoms with Crippen molar-refractivity contribution in [2.24, 2.45) is 4.99 Å². The van der Waals surface area contributed by atoms with E-state index in [1.807, 2.05) is 35.2 Å². The number of anilines is 1. The highest BCUT2D eigenvalue weighted by molar-refractivity contribution is 8.16. The molecule has 1 amide bonds. The molecule has 1 N–H and O–H groups in total. The van der Waals surface area contributed by atoms with Crippen LogP contribution in [0.25, 0.3) is 0 Å². The second-order valence-electron chi connectivity index (χ2n) is 6.04. The molecule has 1 aromatic rings. The Morgan fingerprint density at radius 1 is 1.20 bits per heavy atom. The third-order valence-corrected chi connectivity index (χ3v) is 7.31. The number of aliphatic carboxylic acids is 1. The fourth-order valence-electron chi connectivity index (χ4n) is 3.01. The fraction of sp³-hybridized carbons (Fsp3) is 0.438. The van der Waals surface area contributed by atoms with E-state index in [9.17, 15) is 18.0 Å². The first-order chi connectivity index (χ1) is 11.9. The van der Waals surface area contributed by atoms with Gasteiger partial charge in [-0.2, -0.15) is 4.99 Å². The Labute approximate surface area is 150 Å². The van der Waals surface area contributed by atoms with Crippen molar-refractivity contribution >= 4 is 44.3 Å². The van der Waals surface area contributed by atoms with E-state index in [2.05, 4.69) is 4.99 Å². The number of carboxylic acid groups (broad SMARTS) is 1. The van der Waals surface area contributed by atoms with Crippen LogP contribution in [0.3, 0.4) is 0 Å². The second kappa shape index (κ2) is 7.17. The third-order valence-electron chi connectivity index (χ3n) is 4.10. The van der Waals surface area contributed by atoms with Gasteiger partial charge in [0.1, 0.15) is 0 Å². The zero-order valence-corrected chi connectivity index (χ0v) is 15.0. The van der Waals surface area contributed by atoms with E-state index in [0.29, 0.717) is 5.17 Å². The Hall–Kier alpha value is -1.87. The van der Waals surface area contributed by atoms with E-state index in [1.165, 1.54) is 11.8 Å². The molecule has 0 aromatic heterocycles. The number of carboxylic acids is 1. The van der Waals surface area contributed by atoms with Crippen LogP contribution in [-0.4, -0.2) is 53.4 Å². The van der Waals surface area contributed by atoms with Crippen LogP contribution in [0, 0.1) is 0 Å². The molecule has 9 heteroatoms. The Morgan fingerprint density at radius 2 is 1.92 bits per heavy atom. The number of aliphatic imine (C=N–C) groups is 1. The average Bonchev–Trinajstić information content (AvgIpc) is 2.98. The first kappa shape index (κ1) is 17.9. The van der Waals surface area contributed by atoms with Gasteiger partial charge in [0.05, 0.1) is 17.5 Å². The Morgan fingerprint density at radius 3 is 2.60 bits per heavy atom. The summed E-state index contributed by atoms with van der Waals surface area (Å²) in [7, 11) is -3.09. The summed E-state index contributed by atoms with van der Waals surface area (Å²) in [5.41, 5.74) is 0.802. The number of hydrogen-bond acceptors (Lipinski definition) is 5. The summed E-state index contributed by atoms with van der Waals surface area (Å²) in [6, 6.07) is 9.05. The van der Waals surface area contributed by atoms with E-state index in [0.717, 1.165) is 5.69 Å². The molecular formula is C16H18N2O5S2. The highest BCUT2D eigenvalue weighted by Gasteiger charge is 2.49. The van der Waals surface area contributed by atoms with E-state index in [-0.39, 0.29) is 48.0 Å². The molecule has 7 nitrogen and oxygen atoms in total. The molecule has 0 spiro atoms. The number of sulfone groups is 1. The first-order valence-electron chi connectivity index (χ1n) is 7.90. The predicted octanol–water partition coefficient (Wildman–Crippen LogP) is 1.54. The van der Waals surface area contributed by atoms with Crippen LogP contribution in [0.15, 0.2) is 35.3 Å². The molecule has 3 rings (SSSR count). The molecule has 0 bridgehead atoms. The lowest BCUT2D eigenvalue weighted by Gasteiger charge is -2.24. The molecule has 0 unspecified atom stereocenters. The third kappa shape index (κ3) is 4.21. The molecular weight excluding hydrogens is 364 g/mol. The number of nitrogens with zero attached hydrogens (tertiary/aromatic N) is 2. The van der Waals surface area contributed by atoms with Crippen LogP contribution >= 0.6 is 11.8 Å². The molecule has 25 heavy (non-hydrogen) atoms. The largest absolute Gasteiger partial charge is 0.481 e. The molecule has 0 radical (unpaired) electrons. The molecule has 2 atom stereocenters. The number of amidine groups is 1. The van der Waals surface area contributed by atoms with Gasteiger partial charge in [-0.15, -0.1) is 0 Å². The maximum atomic E-state index is 12.1. The number of benzene rings is 1.